The molecule has 0 aliphatic heterocycles. The van der Waals surface area contributed by atoms with Crippen LogP contribution in [-0.2, 0) is 4.79 Å². The van der Waals surface area contributed by atoms with E-state index >= 15 is 0 Å². The maximum absolute atomic E-state index is 12.9. The number of amides is 1. The lowest BCUT2D eigenvalue weighted by Gasteiger charge is -2.18. The third-order valence-corrected chi connectivity index (χ3v) is 4.36. The number of fused-ring (bicyclic) bond motifs is 1. The fraction of sp³-hybridized carbons (Fsp3) is 0.273. The fourth-order valence-electron chi connectivity index (χ4n) is 2.76. The highest BCUT2D eigenvalue weighted by atomic mass is 16.5. The number of hydrogen-bond donors (Lipinski definition) is 1. The fourth-order valence-corrected chi connectivity index (χ4v) is 2.76. The van der Waals surface area contributed by atoms with Gasteiger partial charge in [-0.15, -0.1) is 0 Å². The quantitative estimate of drug-likeness (QED) is 0.722. The molecule has 3 aromatic rings. The Morgan fingerprint density at radius 1 is 1.04 bits per heavy atom. The van der Waals surface area contributed by atoms with Crippen molar-refractivity contribution in [1.82, 2.24) is 0 Å². The molecule has 1 amide bonds. The Bertz CT molecular complexity index is 1090. The van der Waals surface area contributed by atoms with Crippen molar-refractivity contribution in [3.05, 3.63) is 52.7 Å². The number of ether oxygens (including phenoxy) is 2. The smallest absolute Gasteiger partial charge is 0.229 e. The molecule has 0 radical (unpaired) electrons. The van der Waals surface area contributed by atoms with Crippen LogP contribution in [-0.4, -0.2) is 20.1 Å². The van der Waals surface area contributed by atoms with E-state index in [-0.39, 0.29) is 11.3 Å². The highest BCUT2D eigenvalue weighted by Crippen LogP contribution is 2.34. The summed E-state index contributed by atoms with van der Waals surface area (Å²) in [6, 6.07) is 11.8. The van der Waals surface area contributed by atoms with E-state index < -0.39 is 5.41 Å². The molecule has 0 aliphatic carbocycles. The van der Waals surface area contributed by atoms with E-state index in [9.17, 15) is 9.59 Å². The van der Waals surface area contributed by atoms with E-state index in [1.807, 2.05) is 20.8 Å². The van der Waals surface area contributed by atoms with Crippen molar-refractivity contribution in [3.8, 4) is 22.8 Å². The average molecular weight is 381 g/mol. The van der Waals surface area contributed by atoms with Crippen LogP contribution in [0, 0.1) is 5.41 Å². The number of carbonyl (C=O) groups is 1. The van der Waals surface area contributed by atoms with Crippen molar-refractivity contribution < 1.29 is 18.7 Å². The average Bonchev–Trinajstić information content (AvgIpc) is 2.66. The summed E-state index contributed by atoms with van der Waals surface area (Å²) in [5, 5.41) is 3.15. The molecular formula is C22H23NO5. The summed E-state index contributed by atoms with van der Waals surface area (Å²) in [7, 11) is 3.11. The van der Waals surface area contributed by atoms with E-state index in [1.165, 1.54) is 13.2 Å². The molecule has 0 spiro atoms. The highest BCUT2D eigenvalue weighted by Gasteiger charge is 2.23. The van der Waals surface area contributed by atoms with Crippen LogP contribution < -0.4 is 20.2 Å². The molecule has 0 saturated carbocycles. The van der Waals surface area contributed by atoms with E-state index in [4.69, 9.17) is 13.9 Å². The molecule has 6 nitrogen and oxygen atoms in total. The molecule has 3 rings (SSSR count). The Kier molecular flexibility index (Phi) is 5.14. The zero-order valence-electron chi connectivity index (χ0n) is 16.6. The molecule has 0 fully saturated rings. The summed E-state index contributed by atoms with van der Waals surface area (Å²) in [6.45, 7) is 5.43. The zero-order chi connectivity index (χ0) is 20.5. The van der Waals surface area contributed by atoms with Gasteiger partial charge in [0.25, 0.3) is 0 Å². The van der Waals surface area contributed by atoms with E-state index in [0.717, 1.165) is 0 Å². The first-order chi connectivity index (χ1) is 13.2. The number of nitrogens with one attached hydrogen (secondary N) is 1. The molecule has 146 valence electrons. The number of carbonyl (C=O) groups excluding carboxylic acids is 1. The van der Waals surface area contributed by atoms with Crippen molar-refractivity contribution in [2.75, 3.05) is 19.5 Å². The maximum atomic E-state index is 12.9. The molecule has 0 unspecified atom stereocenters. The van der Waals surface area contributed by atoms with Crippen LogP contribution in [0.4, 0.5) is 5.69 Å². The molecule has 0 atom stereocenters. The topological polar surface area (TPSA) is 77.8 Å². The SMILES string of the molecule is COc1ccc(-c2cc(=O)c3c(NC(=O)C(C)(C)C)cccc3o2)c(OC)c1. The number of methoxy groups -OCH3 is 2. The molecule has 28 heavy (non-hydrogen) atoms. The first kappa shape index (κ1) is 19.5. The third-order valence-electron chi connectivity index (χ3n) is 4.36. The lowest BCUT2D eigenvalue weighted by atomic mass is 9.95. The lowest BCUT2D eigenvalue weighted by molar-refractivity contribution is -0.123. The minimum absolute atomic E-state index is 0.180. The van der Waals surface area contributed by atoms with Crippen molar-refractivity contribution in [3.63, 3.8) is 0 Å². The number of rotatable bonds is 4. The number of benzene rings is 2. The maximum Gasteiger partial charge on any atom is 0.229 e. The zero-order valence-corrected chi connectivity index (χ0v) is 16.6. The molecule has 0 saturated heterocycles. The van der Waals surface area contributed by atoms with Crippen LogP contribution in [0.2, 0.25) is 0 Å². The van der Waals surface area contributed by atoms with Gasteiger partial charge in [0.1, 0.15) is 22.8 Å². The van der Waals surface area contributed by atoms with Crippen LogP contribution in [0.25, 0.3) is 22.3 Å². The van der Waals surface area contributed by atoms with Crippen LogP contribution >= 0.6 is 0 Å². The van der Waals surface area contributed by atoms with Crippen molar-refractivity contribution >= 4 is 22.6 Å². The third kappa shape index (κ3) is 3.71. The molecule has 1 aromatic heterocycles. The van der Waals surface area contributed by atoms with Crippen LogP contribution in [0.15, 0.2) is 51.7 Å². The van der Waals surface area contributed by atoms with Crippen molar-refractivity contribution in [1.29, 1.82) is 0 Å². The molecule has 6 heteroatoms. The van der Waals surface area contributed by atoms with E-state index in [0.29, 0.717) is 39.5 Å². The number of anilines is 1. The van der Waals surface area contributed by atoms with Gasteiger partial charge in [-0.05, 0) is 24.3 Å². The summed E-state index contributed by atoms with van der Waals surface area (Å²) in [4.78, 5) is 25.2. The van der Waals surface area contributed by atoms with Gasteiger partial charge < -0.3 is 19.2 Å². The van der Waals surface area contributed by atoms with Crippen molar-refractivity contribution in [2.24, 2.45) is 5.41 Å². The molecule has 0 aliphatic rings. The van der Waals surface area contributed by atoms with Crippen LogP contribution in [0.1, 0.15) is 20.8 Å². The molecule has 1 heterocycles. The minimum atomic E-state index is -0.585. The second-order valence-corrected chi connectivity index (χ2v) is 7.42. The predicted molar refractivity (Wildman–Crippen MR) is 109 cm³/mol. The van der Waals surface area contributed by atoms with Gasteiger partial charge in [0, 0.05) is 17.5 Å². The molecule has 0 bridgehead atoms. The van der Waals surface area contributed by atoms with Gasteiger partial charge in [0.2, 0.25) is 5.91 Å². The van der Waals surface area contributed by atoms with E-state index in [2.05, 4.69) is 5.32 Å². The summed E-state index contributed by atoms with van der Waals surface area (Å²) < 4.78 is 16.6. The second-order valence-electron chi connectivity index (χ2n) is 7.42. The van der Waals surface area contributed by atoms with Crippen molar-refractivity contribution in [2.45, 2.75) is 20.8 Å². The Balaban J connectivity index is 2.13. The lowest BCUT2D eigenvalue weighted by Crippen LogP contribution is -2.28. The standard InChI is InChI=1S/C22H23NO5/c1-22(2,3)21(25)23-15-7-6-8-17-20(15)16(24)12-19(28-17)14-10-9-13(26-4)11-18(14)27-5/h6-12H,1-5H3,(H,23,25). The molecule has 1 N–H and O–H groups in total. The Hall–Kier alpha value is -3.28. The summed E-state index contributed by atoms with van der Waals surface area (Å²) >= 11 is 0. The van der Waals surface area contributed by atoms with Gasteiger partial charge in [-0.2, -0.15) is 0 Å². The molecular weight excluding hydrogens is 358 g/mol. The Labute approximate surface area is 163 Å². The summed E-state index contributed by atoms with van der Waals surface area (Å²) in [6.07, 6.45) is 0. The van der Waals surface area contributed by atoms with Gasteiger partial charge >= 0.3 is 0 Å². The van der Waals surface area contributed by atoms with Gasteiger partial charge in [0.05, 0.1) is 30.9 Å². The van der Waals surface area contributed by atoms with E-state index in [1.54, 1.807) is 43.5 Å². The first-order valence-electron chi connectivity index (χ1n) is 8.85. The van der Waals surface area contributed by atoms with Crippen LogP contribution in [0.5, 0.6) is 11.5 Å². The Morgan fingerprint density at radius 2 is 1.79 bits per heavy atom. The van der Waals surface area contributed by atoms with Gasteiger partial charge in [-0.25, -0.2) is 0 Å². The molecule has 2 aromatic carbocycles. The minimum Gasteiger partial charge on any atom is -0.497 e. The van der Waals surface area contributed by atoms with Gasteiger partial charge in [0.15, 0.2) is 5.43 Å². The summed E-state index contributed by atoms with van der Waals surface area (Å²) in [5.74, 6) is 1.35. The van der Waals surface area contributed by atoms with Gasteiger partial charge in [-0.3, -0.25) is 9.59 Å². The monoisotopic (exact) mass is 381 g/mol. The second kappa shape index (κ2) is 7.38. The number of hydrogen-bond acceptors (Lipinski definition) is 5. The Morgan fingerprint density at radius 3 is 2.43 bits per heavy atom. The van der Waals surface area contributed by atoms with Crippen LogP contribution in [0.3, 0.4) is 0 Å². The largest absolute Gasteiger partial charge is 0.497 e. The normalized spacial score (nSPS) is 11.3. The highest BCUT2D eigenvalue weighted by molar-refractivity contribution is 6.02. The predicted octanol–water partition coefficient (Wildman–Crippen LogP) is 4.46. The first-order valence-corrected chi connectivity index (χ1v) is 8.85. The summed E-state index contributed by atoms with van der Waals surface area (Å²) in [5.41, 5.74) is 0.607. The van der Waals surface area contributed by atoms with Gasteiger partial charge in [-0.1, -0.05) is 26.8 Å².